The van der Waals surface area contributed by atoms with Crippen molar-refractivity contribution < 1.29 is 27.4 Å². The Morgan fingerprint density at radius 2 is 1.79 bits per heavy atom. The standard InChI is InChI=1S/C30H35FN2O5S/c1-30(2,3)28-17-21(15-16-32(28)29(34)35)20-33(39(36,37)25-11-6-5-7-12-25)27-14-13-24(38-4)19-26(27)22-9-8-10-23(31)18-22/h5-14,18-19,21,28H,15-17,20H2,1-4H3,(H,34,35). The van der Waals surface area contributed by atoms with Crippen molar-refractivity contribution in [3.8, 4) is 16.9 Å². The number of hydrogen-bond donors (Lipinski definition) is 1. The predicted molar refractivity (Wildman–Crippen MR) is 150 cm³/mol. The van der Waals surface area contributed by atoms with Crippen LogP contribution in [-0.4, -0.2) is 50.8 Å². The minimum absolute atomic E-state index is 0.106. The number of hydrogen-bond acceptors (Lipinski definition) is 4. The van der Waals surface area contributed by atoms with E-state index < -0.39 is 21.9 Å². The molecule has 208 valence electrons. The Morgan fingerprint density at radius 3 is 2.41 bits per heavy atom. The topological polar surface area (TPSA) is 87.2 Å². The zero-order chi connectivity index (χ0) is 28.4. The van der Waals surface area contributed by atoms with Gasteiger partial charge in [-0.05, 0) is 72.2 Å². The molecule has 1 N–H and O–H groups in total. The van der Waals surface area contributed by atoms with Crippen LogP contribution in [-0.2, 0) is 10.0 Å². The second-order valence-corrected chi connectivity index (χ2v) is 12.9. The van der Waals surface area contributed by atoms with Crippen molar-refractivity contribution in [3.05, 3.63) is 78.6 Å². The summed E-state index contributed by atoms with van der Waals surface area (Å²) in [4.78, 5) is 13.6. The molecule has 1 saturated heterocycles. The maximum atomic E-state index is 14.3. The number of anilines is 1. The summed E-state index contributed by atoms with van der Waals surface area (Å²) < 4.78 is 49.5. The number of nitrogens with zero attached hydrogens (tertiary/aromatic N) is 2. The monoisotopic (exact) mass is 554 g/mol. The lowest BCUT2D eigenvalue weighted by molar-refractivity contribution is 0.0423. The summed E-state index contributed by atoms with van der Waals surface area (Å²) in [6, 6.07) is 19.1. The van der Waals surface area contributed by atoms with Gasteiger partial charge in [0.25, 0.3) is 10.0 Å². The van der Waals surface area contributed by atoms with Crippen molar-refractivity contribution in [1.29, 1.82) is 0 Å². The van der Waals surface area contributed by atoms with Crippen LogP contribution in [0.25, 0.3) is 11.1 Å². The average molecular weight is 555 g/mol. The Hall–Kier alpha value is -3.59. The average Bonchev–Trinajstić information content (AvgIpc) is 2.91. The molecule has 0 aromatic heterocycles. The first-order valence-electron chi connectivity index (χ1n) is 12.9. The van der Waals surface area contributed by atoms with E-state index in [4.69, 9.17) is 4.74 Å². The van der Waals surface area contributed by atoms with Crippen molar-refractivity contribution >= 4 is 21.8 Å². The highest BCUT2D eigenvalue weighted by Crippen LogP contribution is 2.40. The number of carboxylic acid groups (broad SMARTS) is 1. The van der Waals surface area contributed by atoms with Gasteiger partial charge in [0.05, 0.1) is 17.7 Å². The molecule has 4 rings (SSSR count). The van der Waals surface area contributed by atoms with Crippen LogP contribution < -0.4 is 9.04 Å². The number of sulfonamides is 1. The van der Waals surface area contributed by atoms with E-state index in [2.05, 4.69) is 0 Å². The van der Waals surface area contributed by atoms with Gasteiger partial charge in [0.2, 0.25) is 0 Å². The van der Waals surface area contributed by atoms with Gasteiger partial charge in [-0.1, -0.05) is 51.1 Å². The highest BCUT2D eigenvalue weighted by Gasteiger charge is 2.40. The molecule has 9 heteroatoms. The van der Waals surface area contributed by atoms with Crippen molar-refractivity contribution in [2.75, 3.05) is 24.5 Å². The Bertz CT molecular complexity index is 1420. The second-order valence-electron chi connectivity index (χ2n) is 11.0. The van der Waals surface area contributed by atoms with Crippen LogP contribution in [0.1, 0.15) is 33.6 Å². The van der Waals surface area contributed by atoms with E-state index in [9.17, 15) is 22.7 Å². The quantitative estimate of drug-likeness (QED) is 0.360. The van der Waals surface area contributed by atoms with Crippen LogP contribution in [0.4, 0.5) is 14.9 Å². The van der Waals surface area contributed by atoms with Crippen molar-refractivity contribution in [2.24, 2.45) is 11.3 Å². The van der Waals surface area contributed by atoms with Gasteiger partial charge in [-0.15, -0.1) is 0 Å². The number of methoxy groups -OCH3 is 1. The molecule has 1 aliphatic heterocycles. The number of piperidine rings is 1. The van der Waals surface area contributed by atoms with E-state index >= 15 is 0 Å². The third-order valence-corrected chi connectivity index (χ3v) is 9.11. The van der Waals surface area contributed by atoms with E-state index in [1.807, 2.05) is 20.8 Å². The molecular weight excluding hydrogens is 519 g/mol. The third kappa shape index (κ3) is 6.19. The fourth-order valence-corrected chi connectivity index (χ4v) is 6.86. The van der Waals surface area contributed by atoms with Crippen LogP contribution >= 0.6 is 0 Å². The smallest absolute Gasteiger partial charge is 0.407 e. The van der Waals surface area contributed by atoms with Crippen LogP contribution in [0.3, 0.4) is 0 Å². The first-order valence-corrected chi connectivity index (χ1v) is 14.4. The number of ether oxygens (including phenoxy) is 1. The summed E-state index contributed by atoms with van der Waals surface area (Å²) in [6.45, 7) is 6.46. The molecule has 0 aliphatic carbocycles. The van der Waals surface area contributed by atoms with Crippen LogP contribution in [0.2, 0.25) is 0 Å². The van der Waals surface area contributed by atoms with Gasteiger partial charge < -0.3 is 14.7 Å². The molecule has 39 heavy (non-hydrogen) atoms. The molecule has 1 aliphatic rings. The zero-order valence-corrected chi connectivity index (χ0v) is 23.5. The van der Waals surface area contributed by atoms with Gasteiger partial charge in [0, 0.05) is 24.7 Å². The predicted octanol–water partition coefficient (Wildman–Crippen LogP) is 6.50. The van der Waals surface area contributed by atoms with E-state index in [1.54, 1.807) is 60.7 Å². The maximum absolute atomic E-state index is 14.3. The summed E-state index contributed by atoms with van der Waals surface area (Å²) in [5.41, 5.74) is 1.11. The molecule has 1 fully saturated rings. The molecule has 3 aromatic rings. The van der Waals surface area contributed by atoms with Crippen LogP contribution in [0.5, 0.6) is 5.75 Å². The van der Waals surface area contributed by atoms with E-state index in [1.165, 1.54) is 28.4 Å². The lowest BCUT2D eigenvalue weighted by Gasteiger charge is -2.45. The first kappa shape index (κ1) is 28.4. The van der Waals surface area contributed by atoms with Gasteiger partial charge in [-0.25, -0.2) is 17.6 Å². The maximum Gasteiger partial charge on any atom is 0.407 e. The van der Waals surface area contributed by atoms with E-state index in [0.29, 0.717) is 42.0 Å². The fraction of sp³-hybridized carbons (Fsp3) is 0.367. The Labute approximate surface area is 229 Å². The second kappa shape index (κ2) is 11.3. The first-order chi connectivity index (χ1) is 18.4. The largest absolute Gasteiger partial charge is 0.497 e. The molecule has 1 amide bonds. The highest BCUT2D eigenvalue weighted by molar-refractivity contribution is 7.92. The minimum Gasteiger partial charge on any atom is -0.497 e. The van der Waals surface area contributed by atoms with Crippen LogP contribution in [0, 0.1) is 17.2 Å². The number of amides is 1. The number of benzene rings is 3. The number of rotatable bonds is 7. The number of carbonyl (C=O) groups is 1. The third-order valence-electron chi connectivity index (χ3n) is 7.32. The number of halogens is 1. The fourth-order valence-electron chi connectivity index (χ4n) is 5.28. The van der Waals surface area contributed by atoms with E-state index in [0.717, 1.165) is 0 Å². The summed E-state index contributed by atoms with van der Waals surface area (Å²) in [7, 11) is -2.51. The Balaban J connectivity index is 1.83. The molecule has 2 unspecified atom stereocenters. The normalized spacial score (nSPS) is 18.0. The summed E-state index contributed by atoms with van der Waals surface area (Å²) in [5.74, 6) is -0.0313. The highest BCUT2D eigenvalue weighted by atomic mass is 32.2. The SMILES string of the molecule is COc1ccc(N(CC2CCN(C(=O)O)C(C(C)(C)C)C2)S(=O)(=O)c2ccccc2)c(-c2cccc(F)c2)c1. The molecule has 2 atom stereocenters. The van der Waals surface area contributed by atoms with E-state index in [-0.39, 0.29) is 28.8 Å². The van der Waals surface area contributed by atoms with Gasteiger partial charge in [0.15, 0.2) is 0 Å². The minimum atomic E-state index is -4.03. The lowest BCUT2D eigenvalue weighted by Crippen LogP contribution is -2.53. The summed E-state index contributed by atoms with van der Waals surface area (Å²) in [6.07, 6.45) is 0.0680. The van der Waals surface area contributed by atoms with Gasteiger partial charge in [0.1, 0.15) is 11.6 Å². The number of likely N-dealkylation sites (tertiary alicyclic amines) is 1. The molecule has 0 saturated carbocycles. The Kier molecular flexibility index (Phi) is 8.20. The Morgan fingerprint density at radius 1 is 1.08 bits per heavy atom. The lowest BCUT2D eigenvalue weighted by atomic mass is 9.77. The van der Waals surface area contributed by atoms with Gasteiger partial charge in [-0.3, -0.25) is 4.31 Å². The molecule has 1 heterocycles. The summed E-state index contributed by atoms with van der Waals surface area (Å²) in [5, 5.41) is 9.81. The van der Waals surface area contributed by atoms with Crippen LogP contribution in [0.15, 0.2) is 77.7 Å². The molecule has 3 aromatic carbocycles. The van der Waals surface area contributed by atoms with Gasteiger partial charge >= 0.3 is 6.09 Å². The van der Waals surface area contributed by atoms with Crippen molar-refractivity contribution in [1.82, 2.24) is 4.90 Å². The molecular formula is C30H35FN2O5S. The zero-order valence-electron chi connectivity index (χ0n) is 22.7. The molecule has 0 spiro atoms. The van der Waals surface area contributed by atoms with Crippen molar-refractivity contribution in [3.63, 3.8) is 0 Å². The van der Waals surface area contributed by atoms with Gasteiger partial charge in [-0.2, -0.15) is 0 Å². The molecule has 7 nitrogen and oxygen atoms in total. The molecule has 0 radical (unpaired) electrons. The summed E-state index contributed by atoms with van der Waals surface area (Å²) >= 11 is 0. The molecule has 0 bridgehead atoms. The van der Waals surface area contributed by atoms with Crippen molar-refractivity contribution in [2.45, 2.75) is 44.6 Å².